The minimum atomic E-state index is -4.05. The normalized spacial score (nSPS) is 12.2. The largest absolute Gasteiger partial charge is 0.497 e. The van der Waals surface area contributed by atoms with Crippen molar-refractivity contribution in [3.05, 3.63) is 87.9 Å². The van der Waals surface area contributed by atoms with Crippen LogP contribution in [0.4, 0.5) is 5.69 Å². The maximum atomic E-state index is 13.5. The van der Waals surface area contributed by atoms with Crippen LogP contribution in [0.1, 0.15) is 35.2 Å². The van der Waals surface area contributed by atoms with Crippen LogP contribution in [-0.4, -0.2) is 28.0 Å². The number of aryl methyl sites for hydroxylation is 3. The van der Waals surface area contributed by atoms with Crippen LogP contribution in [-0.2, 0) is 14.8 Å². The van der Waals surface area contributed by atoms with E-state index in [1.807, 2.05) is 27.7 Å². The zero-order valence-corrected chi connectivity index (χ0v) is 21.5. The second-order valence-electron chi connectivity index (χ2n) is 8.25. The van der Waals surface area contributed by atoms with Crippen LogP contribution in [0.15, 0.2) is 65.6 Å². The molecule has 0 radical (unpaired) electrons. The number of nitrogens with zero attached hydrogens (tertiary/aromatic N) is 1. The van der Waals surface area contributed by atoms with Gasteiger partial charge in [-0.2, -0.15) is 0 Å². The molecule has 0 aliphatic rings. The molecular weight excluding hydrogens is 472 g/mol. The number of hydrogen-bond acceptors (Lipinski definition) is 4. The van der Waals surface area contributed by atoms with Crippen molar-refractivity contribution in [2.75, 3.05) is 18.0 Å². The molecule has 0 aliphatic heterocycles. The molecule has 3 aromatic rings. The number of anilines is 1. The monoisotopic (exact) mass is 500 g/mol. The Bertz CT molecular complexity index is 1290. The van der Waals surface area contributed by atoms with Crippen LogP contribution in [0.2, 0.25) is 5.02 Å². The molecule has 180 valence electrons. The number of amides is 1. The van der Waals surface area contributed by atoms with Crippen LogP contribution < -0.4 is 14.4 Å². The molecule has 0 fully saturated rings. The molecule has 0 aliphatic carbocycles. The molecule has 8 heteroatoms. The van der Waals surface area contributed by atoms with Gasteiger partial charge in [0.25, 0.3) is 10.0 Å². The molecule has 1 unspecified atom stereocenters. The first kappa shape index (κ1) is 25.6. The number of methoxy groups -OCH3 is 1. The smallest absolute Gasteiger partial charge is 0.264 e. The Hall–Kier alpha value is -3.03. The molecule has 6 nitrogen and oxygen atoms in total. The molecule has 0 bridgehead atoms. The quantitative estimate of drug-likeness (QED) is 0.452. The molecule has 0 saturated carbocycles. The van der Waals surface area contributed by atoms with Crippen molar-refractivity contribution < 1.29 is 17.9 Å². The van der Waals surface area contributed by atoms with Crippen LogP contribution in [0, 0.1) is 20.8 Å². The molecule has 1 atom stereocenters. The summed E-state index contributed by atoms with van der Waals surface area (Å²) >= 11 is 6.13. The lowest BCUT2D eigenvalue weighted by Crippen LogP contribution is -2.41. The van der Waals surface area contributed by atoms with E-state index in [1.165, 1.54) is 30.9 Å². The third-order valence-electron chi connectivity index (χ3n) is 5.76. The number of carbonyl (C=O) groups excluding carboxylic acids is 1. The van der Waals surface area contributed by atoms with Crippen LogP contribution in [0.25, 0.3) is 0 Å². The molecule has 1 amide bonds. The lowest BCUT2D eigenvalue weighted by atomic mass is 9.96. The van der Waals surface area contributed by atoms with Crippen molar-refractivity contribution in [1.82, 2.24) is 5.32 Å². The van der Waals surface area contributed by atoms with E-state index in [2.05, 4.69) is 17.4 Å². The molecular formula is C26H29ClN2O4S. The zero-order chi connectivity index (χ0) is 25.0. The third-order valence-corrected chi connectivity index (χ3v) is 7.78. The summed E-state index contributed by atoms with van der Waals surface area (Å²) in [7, 11) is -2.55. The van der Waals surface area contributed by atoms with Crippen molar-refractivity contribution >= 4 is 33.2 Å². The number of rotatable bonds is 8. The van der Waals surface area contributed by atoms with Gasteiger partial charge in [-0.05, 0) is 92.4 Å². The van der Waals surface area contributed by atoms with Crippen molar-refractivity contribution in [3.8, 4) is 5.75 Å². The Morgan fingerprint density at radius 1 is 1.00 bits per heavy atom. The number of ether oxygens (including phenoxy) is 1. The van der Waals surface area contributed by atoms with E-state index in [4.69, 9.17) is 16.3 Å². The van der Waals surface area contributed by atoms with Gasteiger partial charge in [-0.15, -0.1) is 0 Å². The van der Waals surface area contributed by atoms with E-state index in [1.54, 1.807) is 30.3 Å². The standard InChI is InChI=1S/C26H29ClN2O4S/c1-17-13-19(3)25(14-18(17)2)20(4)28-26(30)16-29(22-8-6-7-21(27)15-22)34(31,32)24-11-9-23(33-5)10-12-24/h6-15,20H,16H2,1-5H3,(H,28,30). The second kappa shape index (κ2) is 10.5. The summed E-state index contributed by atoms with van der Waals surface area (Å²) in [5, 5.41) is 3.31. The molecule has 0 spiro atoms. The van der Waals surface area contributed by atoms with Gasteiger partial charge < -0.3 is 10.1 Å². The highest BCUT2D eigenvalue weighted by atomic mass is 35.5. The summed E-state index contributed by atoms with van der Waals surface area (Å²) in [5.41, 5.74) is 4.66. The highest BCUT2D eigenvalue weighted by Gasteiger charge is 2.28. The fourth-order valence-corrected chi connectivity index (χ4v) is 5.36. The van der Waals surface area contributed by atoms with Crippen molar-refractivity contribution in [1.29, 1.82) is 0 Å². The molecule has 34 heavy (non-hydrogen) atoms. The molecule has 0 saturated heterocycles. The van der Waals surface area contributed by atoms with Crippen LogP contribution in [0.5, 0.6) is 5.75 Å². The van der Waals surface area contributed by atoms with Gasteiger partial charge in [0, 0.05) is 5.02 Å². The Kier molecular flexibility index (Phi) is 7.89. The Labute approximate surface area is 206 Å². The number of hydrogen-bond donors (Lipinski definition) is 1. The molecule has 0 heterocycles. The maximum Gasteiger partial charge on any atom is 0.264 e. The molecule has 3 rings (SSSR count). The lowest BCUT2D eigenvalue weighted by Gasteiger charge is -2.26. The molecule has 1 N–H and O–H groups in total. The number of carbonyl (C=O) groups is 1. The van der Waals surface area contributed by atoms with E-state index in [0.29, 0.717) is 16.5 Å². The average Bonchev–Trinajstić information content (AvgIpc) is 2.79. The summed E-state index contributed by atoms with van der Waals surface area (Å²) in [6, 6.07) is 16.3. The van der Waals surface area contributed by atoms with Crippen LogP contribution >= 0.6 is 11.6 Å². The number of nitrogens with one attached hydrogen (secondary N) is 1. The summed E-state index contributed by atoms with van der Waals surface area (Å²) in [6.07, 6.45) is 0. The van der Waals surface area contributed by atoms with Crippen molar-refractivity contribution in [3.63, 3.8) is 0 Å². The van der Waals surface area contributed by atoms with E-state index >= 15 is 0 Å². The lowest BCUT2D eigenvalue weighted by molar-refractivity contribution is -0.120. The summed E-state index contributed by atoms with van der Waals surface area (Å²) in [6.45, 7) is 7.55. The van der Waals surface area contributed by atoms with Gasteiger partial charge in [0.15, 0.2) is 0 Å². The maximum absolute atomic E-state index is 13.5. The van der Waals surface area contributed by atoms with E-state index in [9.17, 15) is 13.2 Å². The summed E-state index contributed by atoms with van der Waals surface area (Å²) in [5.74, 6) is 0.103. The van der Waals surface area contributed by atoms with E-state index < -0.39 is 22.5 Å². The highest BCUT2D eigenvalue weighted by molar-refractivity contribution is 7.92. The Balaban J connectivity index is 1.91. The zero-order valence-electron chi connectivity index (χ0n) is 19.9. The third kappa shape index (κ3) is 5.72. The van der Waals surface area contributed by atoms with Gasteiger partial charge in [-0.3, -0.25) is 9.10 Å². The fraction of sp³-hybridized carbons (Fsp3) is 0.269. The molecule has 0 aromatic heterocycles. The van der Waals surface area contributed by atoms with Gasteiger partial charge >= 0.3 is 0 Å². The first-order chi connectivity index (χ1) is 16.0. The first-order valence-corrected chi connectivity index (χ1v) is 12.6. The Morgan fingerprint density at radius 3 is 2.26 bits per heavy atom. The predicted molar refractivity (Wildman–Crippen MR) is 136 cm³/mol. The van der Waals surface area contributed by atoms with Gasteiger partial charge in [0.1, 0.15) is 12.3 Å². The minimum Gasteiger partial charge on any atom is -0.497 e. The van der Waals surface area contributed by atoms with Gasteiger partial charge in [-0.25, -0.2) is 8.42 Å². The summed E-state index contributed by atoms with van der Waals surface area (Å²) in [4.78, 5) is 13.1. The SMILES string of the molecule is COc1ccc(S(=O)(=O)N(CC(=O)NC(C)c2cc(C)c(C)cc2C)c2cccc(Cl)c2)cc1. The van der Waals surface area contributed by atoms with Crippen molar-refractivity contribution in [2.45, 2.75) is 38.6 Å². The van der Waals surface area contributed by atoms with Gasteiger partial charge in [0.05, 0.1) is 23.7 Å². The number of sulfonamides is 1. The second-order valence-corrected chi connectivity index (χ2v) is 10.5. The number of benzene rings is 3. The van der Waals surface area contributed by atoms with E-state index in [-0.39, 0.29) is 10.9 Å². The van der Waals surface area contributed by atoms with Crippen molar-refractivity contribution in [2.24, 2.45) is 0 Å². The van der Waals surface area contributed by atoms with E-state index in [0.717, 1.165) is 21.0 Å². The fourth-order valence-electron chi connectivity index (χ4n) is 3.77. The van der Waals surface area contributed by atoms with Crippen LogP contribution in [0.3, 0.4) is 0 Å². The predicted octanol–water partition coefficient (Wildman–Crippen LogP) is 5.35. The minimum absolute atomic E-state index is 0.0409. The average molecular weight is 501 g/mol. The summed E-state index contributed by atoms with van der Waals surface area (Å²) < 4.78 is 33.3. The van der Waals surface area contributed by atoms with Gasteiger partial charge in [-0.1, -0.05) is 29.8 Å². The topological polar surface area (TPSA) is 75.7 Å². The molecule has 3 aromatic carbocycles. The Morgan fingerprint density at radius 2 is 1.65 bits per heavy atom. The highest BCUT2D eigenvalue weighted by Crippen LogP contribution is 2.27. The first-order valence-electron chi connectivity index (χ1n) is 10.8. The number of halogens is 1. The van der Waals surface area contributed by atoms with Gasteiger partial charge in [0.2, 0.25) is 5.91 Å².